The number of amides is 1. The molecule has 0 bridgehead atoms. The van der Waals surface area contributed by atoms with Gasteiger partial charge >= 0.3 is 11.9 Å². The zero-order valence-corrected chi connectivity index (χ0v) is 15.7. The van der Waals surface area contributed by atoms with Gasteiger partial charge in [0.15, 0.2) is 6.10 Å². The lowest BCUT2D eigenvalue weighted by Gasteiger charge is -2.13. The van der Waals surface area contributed by atoms with E-state index < -0.39 is 12.1 Å². The van der Waals surface area contributed by atoms with Gasteiger partial charge < -0.3 is 14.8 Å². The molecule has 0 fully saturated rings. The number of nitrogens with one attached hydrogen (secondary N) is 1. The lowest BCUT2D eigenvalue weighted by Crippen LogP contribution is -2.36. The molecule has 0 saturated carbocycles. The molecule has 142 valence electrons. The van der Waals surface area contributed by atoms with Gasteiger partial charge in [0.05, 0.1) is 5.56 Å². The normalized spacial score (nSPS) is 11.4. The van der Waals surface area contributed by atoms with E-state index in [-0.39, 0.29) is 11.9 Å². The third-order valence-corrected chi connectivity index (χ3v) is 3.77. The summed E-state index contributed by atoms with van der Waals surface area (Å²) in [6.45, 7) is 5.38. The van der Waals surface area contributed by atoms with Gasteiger partial charge in [-0.25, -0.2) is 4.79 Å². The average Bonchev–Trinajstić information content (AvgIpc) is 2.66. The predicted molar refractivity (Wildman–Crippen MR) is 101 cm³/mol. The molecule has 27 heavy (non-hydrogen) atoms. The van der Waals surface area contributed by atoms with Crippen molar-refractivity contribution < 1.29 is 23.9 Å². The number of carbonyl (C=O) groups is 3. The van der Waals surface area contributed by atoms with Crippen LogP contribution in [0.15, 0.2) is 48.5 Å². The third kappa shape index (κ3) is 5.95. The van der Waals surface area contributed by atoms with E-state index in [4.69, 9.17) is 9.47 Å². The van der Waals surface area contributed by atoms with Crippen LogP contribution in [-0.4, -0.2) is 30.5 Å². The maximum Gasteiger partial charge on any atom is 0.338 e. The first-order valence-electron chi connectivity index (χ1n) is 8.78. The topological polar surface area (TPSA) is 81.7 Å². The molecule has 0 unspecified atom stereocenters. The fourth-order valence-corrected chi connectivity index (χ4v) is 2.35. The van der Waals surface area contributed by atoms with E-state index in [2.05, 4.69) is 5.32 Å². The van der Waals surface area contributed by atoms with E-state index >= 15 is 0 Å². The van der Waals surface area contributed by atoms with Gasteiger partial charge in [-0.05, 0) is 48.7 Å². The van der Waals surface area contributed by atoms with Gasteiger partial charge in [0, 0.05) is 13.5 Å². The Hall–Kier alpha value is -3.15. The van der Waals surface area contributed by atoms with Crippen LogP contribution in [0.25, 0.3) is 11.1 Å². The number of hydrogen-bond donors (Lipinski definition) is 1. The molecule has 0 aliphatic heterocycles. The van der Waals surface area contributed by atoms with Gasteiger partial charge in [-0.2, -0.15) is 0 Å². The van der Waals surface area contributed by atoms with Crippen molar-refractivity contribution in [1.29, 1.82) is 0 Å². The molecule has 1 N–H and O–H groups in total. The van der Waals surface area contributed by atoms with Crippen molar-refractivity contribution in [3.05, 3.63) is 54.1 Å². The van der Waals surface area contributed by atoms with Gasteiger partial charge in [0.1, 0.15) is 5.75 Å². The number of carbonyl (C=O) groups excluding carboxylic acids is 3. The lowest BCUT2D eigenvalue weighted by atomic mass is 10.0. The lowest BCUT2D eigenvalue weighted by molar-refractivity contribution is -0.132. The van der Waals surface area contributed by atoms with Gasteiger partial charge in [-0.3, -0.25) is 9.59 Å². The Balaban J connectivity index is 2.00. The Bertz CT molecular complexity index is 796. The van der Waals surface area contributed by atoms with E-state index in [1.807, 2.05) is 19.1 Å². The van der Waals surface area contributed by atoms with Crippen molar-refractivity contribution in [3.63, 3.8) is 0 Å². The smallest absolute Gasteiger partial charge is 0.338 e. The van der Waals surface area contributed by atoms with Crippen molar-refractivity contribution in [3.8, 4) is 16.9 Å². The van der Waals surface area contributed by atoms with Crippen LogP contribution in [0, 0.1) is 0 Å². The van der Waals surface area contributed by atoms with Crippen LogP contribution in [0.2, 0.25) is 0 Å². The number of hydrogen-bond acceptors (Lipinski definition) is 5. The van der Waals surface area contributed by atoms with E-state index in [1.54, 1.807) is 43.3 Å². The standard InChI is InChI=1S/C21H23NO5/c1-4-13-22-20(24)14(2)26-21(25)18-7-5-16(6-8-18)17-9-11-19(12-10-17)27-15(3)23/h5-12,14H,4,13H2,1-3H3,(H,22,24)/t14-/m1/s1. The molecule has 0 saturated heterocycles. The van der Waals surface area contributed by atoms with E-state index in [9.17, 15) is 14.4 Å². The minimum Gasteiger partial charge on any atom is -0.449 e. The minimum absolute atomic E-state index is 0.310. The molecule has 2 aromatic carbocycles. The minimum atomic E-state index is -0.849. The summed E-state index contributed by atoms with van der Waals surface area (Å²) < 4.78 is 10.2. The first-order chi connectivity index (χ1) is 12.9. The third-order valence-electron chi connectivity index (χ3n) is 3.77. The largest absolute Gasteiger partial charge is 0.449 e. The highest BCUT2D eigenvalue weighted by atomic mass is 16.5. The fourth-order valence-electron chi connectivity index (χ4n) is 2.35. The predicted octanol–water partition coefficient (Wildman–Crippen LogP) is 3.35. The van der Waals surface area contributed by atoms with Crippen LogP contribution in [0.5, 0.6) is 5.75 Å². The zero-order valence-electron chi connectivity index (χ0n) is 15.7. The molecule has 0 spiro atoms. The molecule has 0 aliphatic carbocycles. The SMILES string of the molecule is CCCNC(=O)[C@@H](C)OC(=O)c1ccc(-c2ccc(OC(C)=O)cc2)cc1. The molecule has 6 heteroatoms. The maximum absolute atomic E-state index is 12.2. The molecule has 2 rings (SSSR count). The Kier molecular flexibility index (Phi) is 7.11. The quantitative estimate of drug-likeness (QED) is 0.598. The molecule has 0 aliphatic rings. The number of esters is 2. The fraction of sp³-hybridized carbons (Fsp3) is 0.286. The molecular formula is C21H23NO5. The molecule has 2 aromatic rings. The van der Waals surface area contributed by atoms with Crippen molar-refractivity contribution in [2.75, 3.05) is 6.54 Å². The Morgan fingerprint density at radius 1 is 0.963 bits per heavy atom. The number of rotatable bonds is 7. The monoisotopic (exact) mass is 369 g/mol. The first kappa shape index (κ1) is 20.2. The van der Waals surface area contributed by atoms with Gasteiger partial charge in [0.2, 0.25) is 0 Å². The summed E-state index contributed by atoms with van der Waals surface area (Å²) in [5.74, 6) is -0.759. The van der Waals surface area contributed by atoms with Gasteiger partial charge in [-0.1, -0.05) is 31.2 Å². The van der Waals surface area contributed by atoms with Crippen molar-refractivity contribution in [1.82, 2.24) is 5.32 Å². The Labute approximate surface area is 158 Å². The van der Waals surface area contributed by atoms with E-state index in [0.29, 0.717) is 17.9 Å². The zero-order chi connectivity index (χ0) is 19.8. The van der Waals surface area contributed by atoms with Crippen molar-refractivity contribution >= 4 is 17.8 Å². The summed E-state index contributed by atoms with van der Waals surface area (Å²) in [5.41, 5.74) is 2.18. The second kappa shape index (κ2) is 9.52. The highest BCUT2D eigenvalue weighted by molar-refractivity contribution is 5.92. The van der Waals surface area contributed by atoms with Crippen LogP contribution >= 0.6 is 0 Å². The summed E-state index contributed by atoms with van der Waals surface area (Å²) >= 11 is 0. The van der Waals surface area contributed by atoms with Crippen LogP contribution < -0.4 is 10.1 Å². The van der Waals surface area contributed by atoms with E-state index in [0.717, 1.165) is 17.5 Å². The van der Waals surface area contributed by atoms with Crippen LogP contribution in [0.3, 0.4) is 0 Å². The molecule has 1 amide bonds. The van der Waals surface area contributed by atoms with Crippen molar-refractivity contribution in [2.45, 2.75) is 33.3 Å². The Morgan fingerprint density at radius 3 is 2.04 bits per heavy atom. The molecule has 0 heterocycles. The molecule has 6 nitrogen and oxygen atoms in total. The summed E-state index contributed by atoms with van der Waals surface area (Å²) in [5, 5.41) is 2.69. The Morgan fingerprint density at radius 2 is 1.52 bits per heavy atom. The number of benzene rings is 2. The summed E-state index contributed by atoms with van der Waals surface area (Å²) in [4.78, 5) is 34.9. The van der Waals surface area contributed by atoms with E-state index in [1.165, 1.54) is 6.92 Å². The molecule has 1 atom stereocenters. The highest BCUT2D eigenvalue weighted by Gasteiger charge is 2.18. The summed E-state index contributed by atoms with van der Waals surface area (Å²) in [6, 6.07) is 13.9. The average molecular weight is 369 g/mol. The maximum atomic E-state index is 12.2. The van der Waals surface area contributed by atoms with Crippen LogP contribution in [0.4, 0.5) is 0 Å². The van der Waals surface area contributed by atoms with Crippen molar-refractivity contribution in [2.24, 2.45) is 0 Å². The van der Waals surface area contributed by atoms with Gasteiger partial charge in [-0.15, -0.1) is 0 Å². The molecular weight excluding hydrogens is 346 g/mol. The van der Waals surface area contributed by atoms with Crippen LogP contribution in [0.1, 0.15) is 37.6 Å². The summed E-state index contributed by atoms with van der Waals surface area (Å²) in [7, 11) is 0. The summed E-state index contributed by atoms with van der Waals surface area (Å²) in [6.07, 6.45) is -0.0343. The second-order valence-corrected chi connectivity index (χ2v) is 6.03. The second-order valence-electron chi connectivity index (χ2n) is 6.03. The first-order valence-corrected chi connectivity index (χ1v) is 8.78. The van der Waals surface area contributed by atoms with Crippen LogP contribution in [-0.2, 0) is 14.3 Å². The molecule has 0 radical (unpaired) electrons. The van der Waals surface area contributed by atoms with Gasteiger partial charge in [0.25, 0.3) is 5.91 Å². The number of ether oxygens (including phenoxy) is 2. The molecule has 0 aromatic heterocycles. The highest BCUT2D eigenvalue weighted by Crippen LogP contribution is 2.23.